The van der Waals surface area contributed by atoms with Gasteiger partial charge in [-0.3, -0.25) is 4.79 Å². The summed E-state index contributed by atoms with van der Waals surface area (Å²) in [4.78, 5) is 15.1. The lowest BCUT2D eigenvalue weighted by Gasteiger charge is -2.36. The number of hydrogen-bond acceptors (Lipinski definition) is 3. The van der Waals surface area contributed by atoms with E-state index in [1.54, 1.807) is 0 Å². The predicted molar refractivity (Wildman–Crippen MR) is 98.3 cm³/mol. The van der Waals surface area contributed by atoms with Crippen LogP contribution in [0.25, 0.3) is 0 Å². The van der Waals surface area contributed by atoms with Crippen molar-refractivity contribution < 1.29 is 9.53 Å². The molecular formula is C19H29ClN2O2. The molecule has 0 radical (unpaired) electrons. The summed E-state index contributed by atoms with van der Waals surface area (Å²) in [7, 11) is 0. The van der Waals surface area contributed by atoms with E-state index in [-0.39, 0.29) is 24.4 Å². The van der Waals surface area contributed by atoms with E-state index in [0.717, 1.165) is 32.5 Å². The first-order chi connectivity index (χ1) is 11.3. The van der Waals surface area contributed by atoms with E-state index in [0.29, 0.717) is 19.1 Å². The number of morpholine rings is 1. The first kappa shape index (κ1) is 19.2. The van der Waals surface area contributed by atoms with Gasteiger partial charge in [-0.2, -0.15) is 0 Å². The van der Waals surface area contributed by atoms with Gasteiger partial charge in [-0.1, -0.05) is 49.6 Å². The number of benzene rings is 1. The van der Waals surface area contributed by atoms with E-state index in [2.05, 4.69) is 34.5 Å². The number of halogens is 1. The van der Waals surface area contributed by atoms with E-state index in [1.165, 1.54) is 24.8 Å². The van der Waals surface area contributed by atoms with Crippen molar-refractivity contribution in [3.05, 3.63) is 35.9 Å². The first-order valence-electron chi connectivity index (χ1n) is 8.97. The maximum absolute atomic E-state index is 12.9. The summed E-state index contributed by atoms with van der Waals surface area (Å²) in [6, 6.07) is 10.9. The van der Waals surface area contributed by atoms with E-state index in [4.69, 9.17) is 4.74 Å². The third kappa shape index (κ3) is 5.47. The number of nitrogens with zero attached hydrogens (tertiary/aromatic N) is 1. The normalized spacial score (nSPS) is 21.8. The second-order valence-corrected chi connectivity index (χ2v) is 6.73. The summed E-state index contributed by atoms with van der Waals surface area (Å²) in [6.45, 7) is 2.98. The number of hydrogen-bond donors (Lipinski definition) is 1. The summed E-state index contributed by atoms with van der Waals surface area (Å²) in [5, 5.41) is 3.40. The van der Waals surface area contributed by atoms with Crippen molar-refractivity contribution in [2.45, 2.75) is 57.2 Å². The molecule has 0 bridgehead atoms. The number of carbonyl (C=O) groups excluding carboxylic acids is 1. The molecule has 1 aliphatic heterocycles. The molecule has 2 aliphatic rings. The monoisotopic (exact) mass is 352 g/mol. The Labute approximate surface area is 151 Å². The van der Waals surface area contributed by atoms with Gasteiger partial charge in [0.1, 0.15) is 0 Å². The van der Waals surface area contributed by atoms with Crippen LogP contribution in [0, 0.1) is 0 Å². The molecule has 1 unspecified atom stereocenters. The molecule has 1 N–H and O–H groups in total. The summed E-state index contributed by atoms with van der Waals surface area (Å²) in [6.07, 6.45) is 6.63. The average molecular weight is 353 g/mol. The highest BCUT2D eigenvalue weighted by Gasteiger charge is 2.27. The Bertz CT molecular complexity index is 485. The summed E-state index contributed by atoms with van der Waals surface area (Å²) in [5.74, 6) is 0.267. The van der Waals surface area contributed by atoms with Crippen LogP contribution >= 0.6 is 12.4 Å². The van der Waals surface area contributed by atoms with Crippen LogP contribution in [-0.4, -0.2) is 42.6 Å². The Hall–Kier alpha value is -1.10. The third-order valence-corrected chi connectivity index (χ3v) is 4.95. The zero-order valence-electron chi connectivity index (χ0n) is 14.3. The Morgan fingerprint density at radius 3 is 2.58 bits per heavy atom. The van der Waals surface area contributed by atoms with Crippen LogP contribution in [-0.2, 0) is 16.1 Å². The molecule has 1 atom stereocenters. The standard InChI is InChI=1S/C19H28N2O2.ClH/c22-19(13-17-15-23-12-11-20-17)21(18-9-5-2-6-10-18)14-16-7-3-1-4-8-16;/h1,3-4,7-8,17-18,20H,2,5-6,9-15H2;1H. The zero-order chi connectivity index (χ0) is 15.9. The van der Waals surface area contributed by atoms with Crippen molar-refractivity contribution in [2.75, 3.05) is 19.8 Å². The Kier molecular flexibility index (Phi) is 8.03. The minimum atomic E-state index is 0. The number of amides is 1. The molecule has 134 valence electrons. The number of carbonyl (C=O) groups is 1. The van der Waals surface area contributed by atoms with Crippen LogP contribution in [0.1, 0.15) is 44.1 Å². The van der Waals surface area contributed by atoms with E-state index in [9.17, 15) is 4.79 Å². The van der Waals surface area contributed by atoms with Crippen LogP contribution in [0.15, 0.2) is 30.3 Å². The Morgan fingerprint density at radius 2 is 1.92 bits per heavy atom. The van der Waals surface area contributed by atoms with Gasteiger partial charge in [0, 0.05) is 31.6 Å². The van der Waals surface area contributed by atoms with Gasteiger partial charge in [0.05, 0.1) is 13.2 Å². The van der Waals surface area contributed by atoms with Gasteiger partial charge in [0.25, 0.3) is 0 Å². The van der Waals surface area contributed by atoms with Gasteiger partial charge in [-0.05, 0) is 18.4 Å². The fraction of sp³-hybridized carbons (Fsp3) is 0.632. The summed E-state index contributed by atoms with van der Waals surface area (Å²) < 4.78 is 5.49. The average Bonchev–Trinajstić information content (AvgIpc) is 2.62. The van der Waals surface area contributed by atoms with Gasteiger partial charge in [0.2, 0.25) is 5.91 Å². The van der Waals surface area contributed by atoms with Gasteiger partial charge in [0.15, 0.2) is 0 Å². The van der Waals surface area contributed by atoms with Crippen molar-refractivity contribution in [1.82, 2.24) is 10.2 Å². The molecule has 24 heavy (non-hydrogen) atoms. The molecule has 4 nitrogen and oxygen atoms in total. The molecule has 5 heteroatoms. The molecule has 1 saturated carbocycles. The molecule has 1 aromatic rings. The van der Waals surface area contributed by atoms with Crippen LogP contribution < -0.4 is 5.32 Å². The molecule has 1 amide bonds. The minimum Gasteiger partial charge on any atom is -0.378 e. The van der Waals surface area contributed by atoms with Crippen molar-refractivity contribution >= 4 is 18.3 Å². The SMILES string of the molecule is Cl.O=C(CC1COCCN1)N(Cc1ccccc1)C1CCCCC1. The van der Waals surface area contributed by atoms with E-state index < -0.39 is 0 Å². The second kappa shape index (κ2) is 10.0. The lowest BCUT2D eigenvalue weighted by atomic mass is 9.93. The third-order valence-electron chi connectivity index (χ3n) is 4.95. The van der Waals surface area contributed by atoms with E-state index in [1.807, 2.05) is 6.07 Å². The first-order valence-corrected chi connectivity index (χ1v) is 8.97. The smallest absolute Gasteiger partial charge is 0.224 e. The Morgan fingerprint density at radius 1 is 1.17 bits per heavy atom. The number of nitrogens with one attached hydrogen (secondary N) is 1. The van der Waals surface area contributed by atoms with Crippen molar-refractivity contribution in [3.8, 4) is 0 Å². The quantitative estimate of drug-likeness (QED) is 0.885. The van der Waals surface area contributed by atoms with Crippen LogP contribution in [0.4, 0.5) is 0 Å². The topological polar surface area (TPSA) is 41.6 Å². The van der Waals surface area contributed by atoms with Gasteiger partial charge in [-0.25, -0.2) is 0 Å². The molecule has 1 aromatic carbocycles. The maximum Gasteiger partial charge on any atom is 0.224 e. The van der Waals surface area contributed by atoms with Crippen molar-refractivity contribution in [2.24, 2.45) is 0 Å². The molecular weight excluding hydrogens is 324 g/mol. The highest BCUT2D eigenvalue weighted by Crippen LogP contribution is 2.25. The van der Waals surface area contributed by atoms with E-state index >= 15 is 0 Å². The summed E-state index contributed by atoms with van der Waals surface area (Å²) in [5.41, 5.74) is 1.22. The largest absolute Gasteiger partial charge is 0.378 e. The molecule has 1 aliphatic carbocycles. The molecule has 3 rings (SSSR count). The molecule has 1 heterocycles. The lowest BCUT2D eigenvalue weighted by Crippen LogP contribution is -2.47. The Balaban J connectivity index is 0.00000208. The number of ether oxygens (including phenoxy) is 1. The number of rotatable bonds is 5. The fourth-order valence-corrected chi connectivity index (χ4v) is 3.67. The van der Waals surface area contributed by atoms with Crippen molar-refractivity contribution in [3.63, 3.8) is 0 Å². The van der Waals surface area contributed by atoms with Crippen LogP contribution in [0.3, 0.4) is 0 Å². The molecule has 1 saturated heterocycles. The summed E-state index contributed by atoms with van der Waals surface area (Å²) >= 11 is 0. The lowest BCUT2D eigenvalue weighted by molar-refractivity contribution is -0.136. The molecule has 0 spiro atoms. The van der Waals surface area contributed by atoms with Crippen molar-refractivity contribution in [1.29, 1.82) is 0 Å². The zero-order valence-corrected chi connectivity index (χ0v) is 15.1. The highest BCUT2D eigenvalue weighted by molar-refractivity contribution is 5.85. The van der Waals surface area contributed by atoms with Crippen LogP contribution in [0.2, 0.25) is 0 Å². The van der Waals surface area contributed by atoms with Crippen LogP contribution in [0.5, 0.6) is 0 Å². The van der Waals surface area contributed by atoms with Gasteiger partial charge < -0.3 is 15.0 Å². The van der Waals surface area contributed by atoms with Gasteiger partial charge >= 0.3 is 0 Å². The predicted octanol–water partition coefficient (Wildman–Crippen LogP) is 3.15. The van der Waals surface area contributed by atoms with Gasteiger partial charge in [-0.15, -0.1) is 12.4 Å². The fourth-order valence-electron chi connectivity index (χ4n) is 3.67. The second-order valence-electron chi connectivity index (χ2n) is 6.73. The minimum absolute atomic E-state index is 0. The highest BCUT2D eigenvalue weighted by atomic mass is 35.5. The molecule has 2 fully saturated rings. The molecule has 0 aromatic heterocycles. The maximum atomic E-state index is 12.9.